The van der Waals surface area contributed by atoms with Gasteiger partial charge in [0.2, 0.25) is 0 Å². The van der Waals surface area contributed by atoms with Crippen LogP contribution in [-0.4, -0.2) is 34.4 Å². The minimum absolute atomic E-state index is 0.0390. The molecule has 1 saturated heterocycles. The highest BCUT2D eigenvalue weighted by atomic mass is 35.5. The van der Waals surface area contributed by atoms with E-state index in [1.54, 1.807) is 0 Å². The molecule has 1 amide bonds. The van der Waals surface area contributed by atoms with Gasteiger partial charge in [0.1, 0.15) is 0 Å². The van der Waals surface area contributed by atoms with Crippen LogP contribution in [0.1, 0.15) is 33.3 Å². The highest BCUT2D eigenvalue weighted by Crippen LogP contribution is 2.34. The zero-order chi connectivity index (χ0) is 15.6. The van der Waals surface area contributed by atoms with Crippen molar-refractivity contribution in [3.63, 3.8) is 0 Å². The predicted octanol–water partition coefficient (Wildman–Crippen LogP) is 3.45. The van der Waals surface area contributed by atoms with Crippen molar-refractivity contribution in [2.45, 2.75) is 57.9 Å². The first kappa shape index (κ1) is 16.3. The minimum atomic E-state index is -0.419. The SMILES string of the molecule is CC(C)[C@H](Cl)[C@@H]1[C@H](OCc2ccccc2)C(=O)N1C(C)C. The number of rotatable bonds is 6. The van der Waals surface area contributed by atoms with Crippen molar-refractivity contribution in [2.75, 3.05) is 0 Å². The van der Waals surface area contributed by atoms with E-state index in [0.29, 0.717) is 12.5 Å². The molecule has 0 unspecified atom stereocenters. The summed E-state index contributed by atoms with van der Waals surface area (Å²) in [4.78, 5) is 14.2. The van der Waals surface area contributed by atoms with Crippen LogP contribution in [0.5, 0.6) is 0 Å². The number of hydrogen-bond acceptors (Lipinski definition) is 2. The van der Waals surface area contributed by atoms with Gasteiger partial charge in [-0.3, -0.25) is 4.79 Å². The molecular weight excluding hydrogens is 286 g/mol. The summed E-state index contributed by atoms with van der Waals surface area (Å²) >= 11 is 6.52. The van der Waals surface area contributed by atoms with E-state index in [4.69, 9.17) is 16.3 Å². The summed E-state index contributed by atoms with van der Waals surface area (Å²) < 4.78 is 5.86. The molecule has 1 aromatic carbocycles. The lowest BCUT2D eigenvalue weighted by molar-refractivity contribution is -0.180. The van der Waals surface area contributed by atoms with Gasteiger partial charge in [-0.05, 0) is 25.3 Å². The lowest BCUT2D eigenvalue weighted by Crippen LogP contribution is -2.71. The van der Waals surface area contributed by atoms with Crippen molar-refractivity contribution in [1.29, 1.82) is 0 Å². The van der Waals surface area contributed by atoms with Crippen LogP contribution in [0.2, 0.25) is 0 Å². The van der Waals surface area contributed by atoms with E-state index in [1.165, 1.54) is 0 Å². The van der Waals surface area contributed by atoms with Gasteiger partial charge in [0, 0.05) is 6.04 Å². The van der Waals surface area contributed by atoms with Crippen molar-refractivity contribution in [1.82, 2.24) is 4.90 Å². The second kappa shape index (κ2) is 6.80. The summed E-state index contributed by atoms with van der Waals surface area (Å²) in [5.74, 6) is 0.353. The summed E-state index contributed by atoms with van der Waals surface area (Å²) in [5.41, 5.74) is 1.07. The van der Waals surface area contributed by atoms with Crippen LogP contribution in [0, 0.1) is 5.92 Å². The smallest absolute Gasteiger partial charge is 0.254 e. The quantitative estimate of drug-likeness (QED) is 0.595. The lowest BCUT2D eigenvalue weighted by Gasteiger charge is -2.51. The fourth-order valence-electron chi connectivity index (χ4n) is 2.75. The van der Waals surface area contributed by atoms with Crippen molar-refractivity contribution in [3.05, 3.63) is 35.9 Å². The molecule has 0 radical (unpaired) electrons. The first-order valence-corrected chi connectivity index (χ1v) is 7.99. The van der Waals surface area contributed by atoms with E-state index in [-0.39, 0.29) is 23.4 Å². The Morgan fingerprint density at radius 3 is 2.33 bits per heavy atom. The summed E-state index contributed by atoms with van der Waals surface area (Å²) in [6, 6.07) is 10.0. The Morgan fingerprint density at radius 1 is 1.19 bits per heavy atom. The summed E-state index contributed by atoms with van der Waals surface area (Å²) in [7, 11) is 0. The van der Waals surface area contributed by atoms with Crippen LogP contribution < -0.4 is 0 Å². The Kier molecular flexibility index (Phi) is 5.28. The predicted molar refractivity (Wildman–Crippen MR) is 85.3 cm³/mol. The van der Waals surface area contributed by atoms with Gasteiger partial charge >= 0.3 is 0 Å². The number of β-lactam (4-membered cyclic amide) rings is 1. The van der Waals surface area contributed by atoms with Gasteiger partial charge in [0.15, 0.2) is 6.10 Å². The summed E-state index contributed by atoms with van der Waals surface area (Å²) in [5, 5.41) is -0.0918. The fraction of sp³-hybridized carbons (Fsp3) is 0.588. The van der Waals surface area contributed by atoms with E-state index in [0.717, 1.165) is 5.56 Å². The Balaban J connectivity index is 2.05. The number of likely N-dealkylation sites (tertiary alicyclic amines) is 1. The number of benzene rings is 1. The molecule has 0 N–H and O–H groups in total. The fourth-order valence-corrected chi connectivity index (χ4v) is 3.00. The minimum Gasteiger partial charge on any atom is -0.361 e. The molecule has 0 saturated carbocycles. The molecule has 1 aliphatic rings. The molecule has 3 atom stereocenters. The summed E-state index contributed by atoms with van der Waals surface area (Å²) in [6.07, 6.45) is -0.419. The average molecular weight is 310 g/mol. The first-order chi connectivity index (χ1) is 9.93. The zero-order valence-electron chi connectivity index (χ0n) is 13.1. The highest BCUT2D eigenvalue weighted by molar-refractivity contribution is 6.22. The van der Waals surface area contributed by atoms with Crippen molar-refractivity contribution < 1.29 is 9.53 Å². The number of alkyl halides is 1. The average Bonchev–Trinajstić information content (AvgIpc) is 2.44. The monoisotopic (exact) mass is 309 g/mol. The van der Waals surface area contributed by atoms with E-state index in [2.05, 4.69) is 13.8 Å². The van der Waals surface area contributed by atoms with Gasteiger partial charge in [0.05, 0.1) is 18.0 Å². The van der Waals surface area contributed by atoms with Crippen LogP contribution in [0.25, 0.3) is 0 Å². The van der Waals surface area contributed by atoms with Gasteiger partial charge < -0.3 is 9.64 Å². The van der Waals surface area contributed by atoms with E-state index >= 15 is 0 Å². The zero-order valence-corrected chi connectivity index (χ0v) is 13.9. The standard InChI is InChI=1S/C17H24ClNO2/c1-11(2)14(18)15-16(17(20)19(15)12(3)4)21-10-13-8-6-5-7-9-13/h5-9,11-12,14-16H,10H2,1-4H3/t14-,15+,16-/m0/s1. The maximum absolute atomic E-state index is 12.3. The Morgan fingerprint density at radius 2 is 1.81 bits per heavy atom. The molecule has 0 bridgehead atoms. The number of amides is 1. The number of carbonyl (C=O) groups excluding carboxylic acids is 1. The van der Waals surface area contributed by atoms with Gasteiger partial charge in [0.25, 0.3) is 5.91 Å². The third kappa shape index (κ3) is 3.41. The Labute approximate surface area is 132 Å². The molecule has 1 heterocycles. The van der Waals surface area contributed by atoms with Crippen LogP contribution in [0.4, 0.5) is 0 Å². The van der Waals surface area contributed by atoms with Crippen LogP contribution >= 0.6 is 11.6 Å². The second-order valence-electron chi connectivity index (χ2n) is 6.24. The number of carbonyl (C=O) groups is 1. The summed E-state index contributed by atoms with van der Waals surface area (Å²) in [6.45, 7) is 8.63. The van der Waals surface area contributed by atoms with Crippen molar-refractivity contribution in [3.8, 4) is 0 Å². The van der Waals surface area contributed by atoms with Gasteiger partial charge in [-0.1, -0.05) is 44.2 Å². The molecule has 1 aromatic rings. The van der Waals surface area contributed by atoms with E-state index in [1.807, 2.05) is 49.1 Å². The van der Waals surface area contributed by atoms with Crippen LogP contribution in [-0.2, 0) is 16.1 Å². The van der Waals surface area contributed by atoms with Gasteiger partial charge in [-0.15, -0.1) is 11.6 Å². The van der Waals surface area contributed by atoms with E-state index < -0.39 is 6.10 Å². The third-order valence-electron chi connectivity index (χ3n) is 3.92. The van der Waals surface area contributed by atoms with Gasteiger partial charge in [-0.25, -0.2) is 0 Å². The molecule has 0 aliphatic carbocycles. The molecule has 4 heteroatoms. The molecule has 0 spiro atoms. The molecular formula is C17H24ClNO2. The largest absolute Gasteiger partial charge is 0.361 e. The molecule has 2 rings (SSSR count). The van der Waals surface area contributed by atoms with Crippen molar-refractivity contribution in [2.24, 2.45) is 5.92 Å². The van der Waals surface area contributed by atoms with Crippen LogP contribution in [0.15, 0.2) is 30.3 Å². The number of nitrogens with zero attached hydrogens (tertiary/aromatic N) is 1. The number of halogens is 1. The molecule has 0 aromatic heterocycles. The topological polar surface area (TPSA) is 29.5 Å². The maximum atomic E-state index is 12.3. The molecule has 116 valence electrons. The molecule has 21 heavy (non-hydrogen) atoms. The van der Waals surface area contributed by atoms with Gasteiger partial charge in [-0.2, -0.15) is 0 Å². The highest BCUT2D eigenvalue weighted by Gasteiger charge is 2.53. The van der Waals surface area contributed by atoms with E-state index in [9.17, 15) is 4.79 Å². The third-order valence-corrected chi connectivity index (χ3v) is 4.68. The Bertz CT molecular complexity index is 475. The second-order valence-corrected chi connectivity index (χ2v) is 6.74. The number of hydrogen-bond donors (Lipinski definition) is 0. The number of ether oxygens (including phenoxy) is 1. The normalized spacial score (nSPS) is 23.6. The molecule has 1 fully saturated rings. The maximum Gasteiger partial charge on any atom is 0.254 e. The van der Waals surface area contributed by atoms with Crippen LogP contribution in [0.3, 0.4) is 0 Å². The lowest BCUT2D eigenvalue weighted by atomic mass is 9.87. The Hall–Kier alpha value is -1.06. The first-order valence-electron chi connectivity index (χ1n) is 7.55. The molecule has 3 nitrogen and oxygen atoms in total. The molecule has 1 aliphatic heterocycles. The van der Waals surface area contributed by atoms with Crippen molar-refractivity contribution >= 4 is 17.5 Å².